The second kappa shape index (κ2) is 7.25. The standard InChI is InChI=1S/C22H22N2O2S/c1-17-6-8-18(9-7-17)16-27(25,26)24-15-12-19-4-2-3-5-21(19)22(24)20-10-13-23-14-11-20/h2-11,13-14,22H,12,15-16H2,1H3. The number of hydrogen-bond acceptors (Lipinski definition) is 3. The number of rotatable bonds is 4. The molecule has 2 aromatic carbocycles. The zero-order valence-electron chi connectivity index (χ0n) is 15.2. The summed E-state index contributed by atoms with van der Waals surface area (Å²) in [6.07, 6.45) is 4.17. The molecule has 0 amide bonds. The zero-order valence-corrected chi connectivity index (χ0v) is 16.1. The van der Waals surface area contributed by atoms with Crippen LogP contribution in [-0.2, 0) is 22.2 Å². The fourth-order valence-electron chi connectivity index (χ4n) is 3.71. The SMILES string of the molecule is Cc1ccc(CS(=O)(=O)N2CCc3ccccc3C2c2ccncc2)cc1. The molecule has 138 valence electrons. The van der Waals surface area contributed by atoms with E-state index in [1.165, 1.54) is 5.56 Å². The Morgan fingerprint density at radius 2 is 1.70 bits per heavy atom. The summed E-state index contributed by atoms with van der Waals surface area (Å²) in [6.45, 7) is 2.48. The Morgan fingerprint density at radius 1 is 1.00 bits per heavy atom. The van der Waals surface area contributed by atoms with Gasteiger partial charge in [0.25, 0.3) is 0 Å². The van der Waals surface area contributed by atoms with Crippen molar-refractivity contribution in [1.29, 1.82) is 0 Å². The maximum atomic E-state index is 13.3. The van der Waals surface area contributed by atoms with Gasteiger partial charge in [0.15, 0.2) is 0 Å². The molecule has 0 spiro atoms. The molecule has 2 heterocycles. The average Bonchev–Trinajstić information content (AvgIpc) is 2.69. The van der Waals surface area contributed by atoms with Gasteiger partial charge in [-0.25, -0.2) is 8.42 Å². The van der Waals surface area contributed by atoms with Crippen LogP contribution in [0.1, 0.15) is 33.9 Å². The van der Waals surface area contributed by atoms with Gasteiger partial charge in [0.2, 0.25) is 10.0 Å². The lowest BCUT2D eigenvalue weighted by Crippen LogP contribution is -2.41. The monoisotopic (exact) mass is 378 g/mol. The summed E-state index contributed by atoms with van der Waals surface area (Å²) in [4.78, 5) is 4.09. The molecule has 0 N–H and O–H groups in total. The molecule has 0 saturated heterocycles. The van der Waals surface area contributed by atoms with Crippen molar-refractivity contribution in [2.75, 3.05) is 6.54 Å². The van der Waals surface area contributed by atoms with E-state index >= 15 is 0 Å². The molecule has 0 aliphatic carbocycles. The quantitative estimate of drug-likeness (QED) is 0.692. The number of fused-ring (bicyclic) bond motifs is 1. The molecule has 0 fully saturated rings. The maximum Gasteiger partial charge on any atom is 0.219 e. The third kappa shape index (κ3) is 3.66. The Bertz CT molecular complexity index is 1030. The van der Waals surface area contributed by atoms with Crippen LogP contribution in [0.4, 0.5) is 0 Å². The summed E-state index contributed by atoms with van der Waals surface area (Å²) in [5.74, 6) is 0.0109. The Labute approximate surface area is 160 Å². The van der Waals surface area contributed by atoms with Crippen LogP contribution in [-0.4, -0.2) is 24.3 Å². The van der Waals surface area contributed by atoms with Crippen LogP contribution in [0.25, 0.3) is 0 Å². The van der Waals surface area contributed by atoms with Gasteiger partial charge in [-0.15, -0.1) is 0 Å². The third-order valence-corrected chi connectivity index (χ3v) is 6.89. The Balaban J connectivity index is 1.75. The van der Waals surface area contributed by atoms with Crippen molar-refractivity contribution in [2.24, 2.45) is 0 Å². The molecular weight excluding hydrogens is 356 g/mol. The fraction of sp³-hybridized carbons (Fsp3) is 0.227. The highest BCUT2D eigenvalue weighted by Crippen LogP contribution is 2.37. The molecule has 3 aromatic rings. The van der Waals surface area contributed by atoms with Crippen molar-refractivity contribution in [1.82, 2.24) is 9.29 Å². The number of nitrogens with zero attached hydrogens (tertiary/aromatic N) is 2. The largest absolute Gasteiger partial charge is 0.265 e. The molecule has 1 aliphatic rings. The lowest BCUT2D eigenvalue weighted by atomic mass is 9.90. The molecule has 0 radical (unpaired) electrons. The van der Waals surface area contributed by atoms with Gasteiger partial charge in [-0.3, -0.25) is 4.98 Å². The van der Waals surface area contributed by atoms with Gasteiger partial charge in [-0.05, 0) is 47.7 Å². The molecule has 5 heteroatoms. The summed E-state index contributed by atoms with van der Waals surface area (Å²) in [6, 6.07) is 19.3. The van der Waals surface area contributed by atoms with Crippen molar-refractivity contribution < 1.29 is 8.42 Å². The molecule has 1 aromatic heterocycles. The van der Waals surface area contributed by atoms with Gasteiger partial charge in [-0.1, -0.05) is 54.1 Å². The van der Waals surface area contributed by atoms with Crippen LogP contribution in [0.2, 0.25) is 0 Å². The zero-order chi connectivity index (χ0) is 18.9. The molecule has 27 heavy (non-hydrogen) atoms. The average molecular weight is 378 g/mol. The smallest absolute Gasteiger partial charge is 0.219 e. The fourth-order valence-corrected chi connectivity index (χ4v) is 5.42. The summed E-state index contributed by atoms with van der Waals surface area (Å²) in [7, 11) is -3.48. The summed E-state index contributed by atoms with van der Waals surface area (Å²) in [5.41, 5.74) is 5.15. The topological polar surface area (TPSA) is 50.3 Å². The van der Waals surface area contributed by atoms with Crippen molar-refractivity contribution in [2.45, 2.75) is 25.1 Å². The second-order valence-electron chi connectivity index (χ2n) is 6.98. The number of aromatic nitrogens is 1. The van der Waals surface area contributed by atoms with E-state index in [1.807, 2.05) is 61.5 Å². The van der Waals surface area contributed by atoms with Crippen LogP contribution in [0.3, 0.4) is 0 Å². The number of pyridine rings is 1. The van der Waals surface area contributed by atoms with E-state index in [-0.39, 0.29) is 11.8 Å². The van der Waals surface area contributed by atoms with E-state index < -0.39 is 10.0 Å². The minimum Gasteiger partial charge on any atom is -0.265 e. The number of hydrogen-bond donors (Lipinski definition) is 0. The molecule has 4 nitrogen and oxygen atoms in total. The van der Waals surface area contributed by atoms with Crippen molar-refractivity contribution in [3.05, 3.63) is 101 Å². The molecular formula is C22H22N2O2S. The van der Waals surface area contributed by atoms with Gasteiger partial charge < -0.3 is 0 Å². The van der Waals surface area contributed by atoms with Crippen molar-refractivity contribution in [3.8, 4) is 0 Å². The highest BCUT2D eigenvalue weighted by molar-refractivity contribution is 7.88. The van der Waals surface area contributed by atoms with Gasteiger partial charge in [-0.2, -0.15) is 4.31 Å². The predicted octanol–water partition coefficient (Wildman–Crippen LogP) is 3.87. The first-order valence-electron chi connectivity index (χ1n) is 9.07. The van der Waals surface area contributed by atoms with Crippen molar-refractivity contribution in [3.63, 3.8) is 0 Å². The molecule has 4 rings (SSSR count). The van der Waals surface area contributed by atoms with Gasteiger partial charge >= 0.3 is 0 Å². The maximum absolute atomic E-state index is 13.3. The number of aryl methyl sites for hydroxylation is 1. The minimum atomic E-state index is -3.48. The molecule has 0 saturated carbocycles. The van der Waals surface area contributed by atoms with E-state index in [0.29, 0.717) is 6.54 Å². The van der Waals surface area contributed by atoms with E-state index in [2.05, 4.69) is 11.1 Å². The predicted molar refractivity (Wildman–Crippen MR) is 107 cm³/mol. The summed E-state index contributed by atoms with van der Waals surface area (Å²) >= 11 is 0. The first-order chi connectivity index (χ1) is 13.0. The Kier molecular flexibility index (Phi) is 4.81. The van der Waals surface area contributed by atoms with Gasteiger partial charge in [0.05, 0.1) is 11.8 Å². The first-order valence-corrected chi connectivity index (χ1v) is 10.7. The van der Waals surface area contributed by atoms with Crippen LogP contribution in [0.15, 0.2) is 73.1 Å². The van der Waals surface area contributed by atoms with Crippen molar-refractivity contribution >= 4 is 10.0 Å². The van der Waals surface area contributed by atoms with Crippen LogP contribution < -0.4 is 0 Å². The van der Waals surface area contributed by atoms with Crippen LogP contribution in [0, 0.1) is 6.92 Å². The normalized spacial score (nSPS) is 17.4. The molecule has 0 bridgehead atoms. The lowest BCUT2D eigenvalue weighted by Gasteiger charge is -2.36. The third-order valence-electron chi connectivity index (χ3n) is 5.09. The lowest BCUT2D eigenvalue weighted by molar-refractivity contribution is 0.343. The van der Waals surface area contributed by atoms with E-state index in [0.717, 1.165) is 28.7 Å². The molecule has 1 aliphatic heterocycles. The number of sulfonamides is 1. The Hall–Kier alpha value is -2.50. The molecule has 1 atom stereocenters. The summed E-state index contributed by atoms with van der Waals surface area (Å²) in [5, 5.41) is 0. The molecule has 1 unspecified atom stereocenters. The van der Waals surface area contributed by atoms with Gasteiger partial charge in [0, 0.05) is 18.9 Å². The second-order valence-corrected chi connectivity index (χ2v) is 8.91. The van der Waals surface area contributed by atoms with Crippen LogP contribution >= 0.6 is 0 Å². The van der Waals surface area contributed by atoms with E-state index in [1.54, 1.807) is 16.7 Å². The number of benzene rings is 2. The van der Waals surface area contributed by atoms with Crippen LogP contribution in [0.5, 0.6) is 0 Å². The van der Waals surface area contributed by atoms with Gasteiger partial charge in [0.1, 0.15) is 0 Å². The summed E-state index contributed by atoms with van der Waals surface area (Å²) < 4.78 is 28.3. The van der Waals surface area contributed by atoms with E-state index in [4.69, 9.17) is 0 Å². The first kappa shape index (κ1) is 17.9. The Morgan fingerprint density at radius 3 is 2.44 bits per heavy atom. The highest BCUT2D eigenvalue weighted by atomic mass is 32.2. The highest BCUT2D eigenvalue weighted by Gasteiger charge is 2.36. The van der Waals surface area contributed by atoms with E-state index in [9.17, 15) is 8.42 Å². The minimum absolute atomic E-state index is 0.0109.